The molecule has 9 heteroatoms. The van der Waals surface area contributed by atoms with Gasteiger partial charge in [-0.2, -0.15) is 0 Å². The molecule has 2 atom stereocenters. The van der Waals surface area contributed by atoms with Gasteiger partial charge in [-0.3, -0.25) is 0 Å². The van der Waals surface area contributed by atoms with Crippen LogP contribution in [0.1, 0.15) is 47.9 Å². The zero-order valence-electron chi connectivity index (χ0n) is 19.5. The second-order valence-corrected chi connectivity index (χ2v) is 8.91. The smallest absolute Gasteiger partial charge is 0.550 e. The quantitative estimate of drug-likeness (QED) is 0.307. The van der Waals surface area contributed by atoms with Crippen molar-refractivity contribution in [1.82, 2.24) is 0 Å². The molecule has 1 aromatic carbocycles. The van der Waals surface area contributed by atoms with Crippen molar-refractivity contribution in [3.8, 4) is 11.1 Å². The number of carbonyl (C=O) groups excluding carboxylic acids is 1. The number of halogens is 1. The minimum absolute atomic E-state index is 0. The summed E-state index contributed by atoms with van der Waals surface area (Å²) in [6.45, 7) is 5.40. The molecule has 0 aliphatic heterocycles. The Hall–Kier alpha value is -1.10. The number of aliphatic hydroxyl groups excluding tert-OH is 2. The van der Waals surface area contributed by atoms with Gasteiger partial charge >= 0.3 is 29.6 Å². The van der Waals surface area contributed by atoms with Crippen LogP contribution in [-0.2, 0) is 20.9 Å². The van der Waals surface area contributed by atoms with Gasteiger partial charge in [-0.15, -0.1) is 11.3 Å². The summed E-state index contributed by atoms with van der Waals surface area (Å²) < 4.78 is 24.3. The van der Waals surface area contributed by atoms with Crippen molar-refractivity contribution < 1.29 is 63.5 Å². The third-order valence-electron chi connectivity index (χ3n) is 4.77. The maximum absolute atomic E-state index is 13.5. The van der Waals surface area contributed by atoms with Gasteiger partial charge in [0.1, 0.15) is 5.82 Å². The van der Waals surface area contributed by atoms with Crippen LogP contribution < -0.4 is 34.7 Å². The molecule has 2 rings (SSSR count). The molecule has 0 aliphatic carbocycles. The van der Waals surface area contributed by atoms with E-state index in [4.69, 9.17) is 9.47 Å². The van der Waals surface area contributed by atoms with Gasteiger partial charge in [0.15, 0.2) is 0 Å². The molecule has 0 saturated heterocycles. The van der Waals surface area contributed by atoms with Crippen molar-refractivity contribution in [1.29, 1.82) is 0 Å². The molecule has 1 aromatic heterocycles. The summed E-state index contributed by atoms with van der Waals surface area (Å²) in [5.41, 5.74) is 2.61. The first-order valence-corrected chi connectivity index (χ1v) is 11.3. The maximum atomic E-state index is 13.5. The van der Waals surface area contributed by atoms with Crippen molar-refractivity contribution in [2.24, 2.45) is 0 Å². The zero-order chi connectivity index (χ0) is 23.7. The van der Waals surface area contributed by atoms with Gasteiger partial charge in [0.05, 0.1) is 32.0 Å². The Kier molecular flexibility index (Phi) is 13.6. The van der Waals surface area contributed by atoms with Crippen molar-refractivity contribution in [2.45, 2.75) is 51.4 Å². The fourth-order valence-electron chi connectivity index (χ4n) is 3.29. The Balaban J connectivity index is 0.00000544. The fourth-order valence-corrected chi connectivity index (χ4v) is 4.54. The molecule has 0 bridgehead atoms. The predicted molar refractivity (Wildman–Crippen MR) is 121 cm³/mol. The molecular formula is C24H30FNaO6S. The monoisotopic (exact) mass is 488 g/mol. The summed E-state index contributed by atoms with van der Waals surface area (Å²) in [4.78, 5) is 12.7. The average Bonchev–Trinajstić information content (AvgIpc) is 3.08. The predicted octanol–water partition coefficient (Wildman–Crippen LogP) is 0.110. The number of hydrogen-bond acceptors (Lipinski definition) is 7. The van der Waals surface area contributed by atoms with E-state index in [0.29, 0.717) is 19.8 Å². The van der Waals surface area contributed by atoms with E-state index in [1.54, 1.807) is 36.7 Å². The number of benzene rings is 1. The standard InChI is InChI=1S/C24H31FO6S.Na/c1-15(2)24-20(9-8-18(26)12-19(27)13-22(28)29)23(16-4-6-17(25)7-5-16)21(32-24)14-31-11-10-30-3;/h4-9,15,18-19,26-27H,10-14H2,1-3H3,(H,28,29);/q;+1/p-1/b9-8+;/t18-,19-;/m1./s1. The van der Waals surface area contributed by atoms with Crippen molar-refractivity contribution in [3.05, 3.63) is 51.5 Å². The van der Waals surface area contributed by atoms with Crippen LogP contribution in [0.3, 0.4) is 0 Å². The van der Waals surface area contributed by atoms with Gasteiger partial charge in [-0.05, 0) is 29.2 Å². The van der Waals surface area contributed by atoms with Crippen LogP contribution in [0.5, 0.6) is 0 Å². The molecule has 6 nitrogen and oxygen atoms in total. The van der Waals surface area contributed by atoms with Crippen LogP contribution in [0.15, 0.2) is 30.3 Å². The SMILES string of the molecule is COCCOCc1sc(C(C)C)c(/C=C/[C@@H](O)C[C@@H](O)CC(=O)[O-])c1-c1ccc(F)cc1.[Na+]. The van der Waals surface area contributed by atoms with Gasteiger partial charge in [0.25, 0.3) is 0 Å². The Morgan fingerprint density at radius 3 is 2.45 bits per heavy atom. The van der Waals surface area contributed by atoms with Crippen LogP contribution in [-0.4, -0.2) is 48.7 Å². The molecule has 176 valence electrons. The summed E-state index contributed by atoms with van der Waals surface area (Å²) in [6, 6.07) is 6.21. The summed E-state index contributed by atoms with van der Waals surface area (Å²) in [7, 11) is 1.60. The minimum Gasteiger partial charge on any atom is -0.550 e. The molecule has 0 aliphatic rings. The topological polar surface area (TPSA) is 99.1 Å². The number of hydrogen-bond donors (Lipinski definition) is 2. The van der Waals surface area contributed by atoms with Gasteiger partial charge < -0.3 is 29.6 Å². The van der Waals surface area contributed by atoms with Crippen LogP contribution >= 0.6 is 11.3 Å². The van der Waals surface area contributed by atoms with Gasteiger partial charge in [-0.1, -0.05) is 38.1 Å². The first-order chi connectivity index (χ1) is 15.2. The van der Waals surface area contributed by atoms with E-state index in [1.807, 2.05) is 0 Å². The normalized spacial score (nSPS) is 13.3. The molecule has 33 heavy (non-hydrogen) atoms. The average molecular weight is 489 g/mol. The Labute approximate surface area is 220 Å². The van der Waals surface area contributed by atoms with E-state index in [9.17, 15) is 24.5 Å². The number of carboxylic acid groups (broad SMARTS) is 1. The number of rotatable bonds is 13. The van der Waals surface area contributed by atoms with Crippen LogP contribution in [0.25, 0.3) is 17.2 Å². The Bertz CT molecular complexity index is 897. The first-order valence-electron chi connectivity index (χ1n) is 10.4. The fraction of sp³-hybridized carbons (Fsp3) is 0.458. The molecule has 2 N–H and O–H groups in total. The molecule has 0 unspecified atom stereocenters. The molecule has 0 radical (unpaired) electrons. The van der Waals surface area contributed by atoms with Crippen LogP contribution in [0.2, 0.25) is 0 Å². The third-order valence-corrected chi connectivity index (χ3v) is 6.25. The second-order valence-electron chi connectivity index (χ2n) is 7.78. The number of methoxy groups -OCH3 is 1. The third kappa shape index (κ3) is 9.58. The number of ether oxygens (including phenoxy) is 2. The van der Waals surface area contributed by atoms with Gasteiger partial charge in [0.2, 0.25) is 0 Å². The number of carbonyl (C=O) groups is 1. The van der Waals surface area contributed by atoms with Crippen LogP contribution in [0, 0.1) is 5.82 Å². The van der Waals surface area contributed by atoms with Gasteiger partial charge in [-0.25, -0.2) is 4.39 Å². The first kappa shape index (κ1) is 29.9. The number of carboxylic acids is 1. The van der Waals surface area contributed by atoms with E-state index in [2.05, 4.69) is 13.8 Å². The summed E-state index contributed by atoms with van der Waals surface area (Å²) in [5.74, 6) is -1.52. The molecule has 0 fully saturated rings. The van der Waals surface area contributed by atoms with Crippen molar-refractivity contribution in [2.75, 3.05) is 20.3 Å². The molecular weight excluding hydrogens is 458 g/mol. The maximum Gasteiger partial charge on any atom is 1.00 e. The summed E-state index contributed by atoms with van der Waals surface area (Å²) in [6.07, 6.45) is 0.420. The summed E-state index contributed by atoms with van der Waals surface area (Å²) in [5, 5.41) is 30.7. The van der Waals surface area contributed by atoms with E-state index in [0.717, 1.165) is 26.4 Å². The Morgan fingerprint density at radius 1 is 1.21 bits per heavy atom. The van der Waals surface area contributed by atoms with Crippen molar-refractivity contribution in [3.63, 3.8) is 0 Å². The molecule has 2 aromatic rings. The van der Waals surface area contributed by atoms with Crippen LogP contribution in [0.4, 0.5) is 4.39 Å². The van der Waals surface area contributed by atoms with E-state index in [-0.39, 0.29) is 47.7 Å². The van der Waals surface area contributed by atoms with E-state index in [1.165, 1.54) is 18.2 Å². The Morgan fingerprint density at radius 2 is 1.88 bits per heavy atom. The minimum atomic E-state index is -1.37. The molecule has 0 saturated carbocycles. The largest absolute Gasteiger partial charge is 1.00 e. The van der Waals surface area contributed by atoms with Crippen molar-refractivity contribution >= 4 is 23.4 Å². The number of aliphatic hydroxyl groups is 2. The summed E-state index contributed by atoms with van der Waals surface area (Å²) >= 11 is 1.60. The van der Waals surface area contributed by atoms with Gasteiger partial charge in [0, 0.05) is 41.2 Å². The molecule has 1 heterocycles. The molecule has 0 amide bonds. The number of thiophene rings is 1. The second kappa shape index (κ2) is 15.0. The van der Waals surface area contributed by atoms with E-state index < -0.39 is 24.6 Å². The van der Waals surface area contributed by atoms with E-state index >= 15 is 0 Å². The number of aliphatic carboxylic acids is 1. The molecule has 0 spiro atoms. The zero-order valence-corrected chi connectivity index (χ0v) is 22.4.